The minimum atomic E-state index is -1.83. The molecule has 0 spiro atoms. The van der Waals surface area contributed by atoms with Crippen molar-refractivity contribution in [3.05, 3.63) is 0 Å². The van der Waals surface area contributed by atoms with Crippen molar-refractivity contribution in [1.82, 2.24) is 0 Å². The molecule has 0 atom stereocenters. The number of carboxylic acid groups (broad SMARTS) is 4. The zero-order valence-corrected chi connectivity index (χ0v) is 8.23. The van der Waals surface area contributed by atoms with Crippen LogP contribution in [-0.2, 0) is 0 Å². The molecular weight excluding hydrogens is 175 g/mol. The largest absolute Gasteiger partial charge is 1.00 e. The summed E-state index contributed by atoms with van der Waals surface area (Å²) in [7, 11) is 0. The molecule has 0 aromatic heterocycles. The van der Waals surface area contributed by atoms with Crippen LogP contribution in [0.4, 0.5) is 9.59 Å². The Morgan fingerprint density at radius 3 is 0.900 bits per heavy atom. The zero-order chi connectivity index (χ0) is 7.15. The first-order chi connectivity index (χ1) is 3.46. The maximum absolute atomic E-state index is 8.56. The average Bonchev–Trinajstić information content (AvgIpc) is 1.25. The minimum Gasteiger partial charge on any atom is -1.00 e. The molecule has 0 fully saturated rings. The molecule has 0 amide bonds. The van der Waals surface area contributed by atoms with Crippen molar-refractivity contribution in [3.63, 3.8) is 0 Å². The fourth-order valence-corrected chi connectivity index (χ4v) is 0. The van der Waals surface area contributed by atoms with Gasteiger partial charge in [-0.25, -0.2) is 9.59 Å². The van der Waals surface area contributed by atoms with Crippen molar-refractivity contribution < 1.29 is 88.3 Å². The summed E-state index contributed by atoms with van der Waals surface area (Å²) >= 11 is 0. The molecule has 0 bridgehead atoms. The molecule has 0 unspecified atom stereocenters. The van der Waals surface area contributed by atoms with E-state index in [2.05, 4.69) is 0 Å². The predicted octanol–water partition coefficient (Wildman–Crippen LogP) is -3.26. The van der Waals surface area contributed by atoms with Gasteiger partial charge in [0.15, 0.2) is 0 Å². The SMILES string of the molecule is O.O=C(O)O.O=C(O)O.[H-].[K+]. The van der Waals surface area contributed by atoms with Crippen molar-refractivity contribution >= 4 is 12.3 Å². The summed E-state index contributed by atoms with van der Waals surface area (Å²) in [4.78, 5) is 17.1. The fraction of sp³-hybridized carbons (Fsp3) is 0. The van der Waals surface area contributed by atoms with E-state index in [0.29, 0.717) is 0 Å². The Morgan fingerprint density at radius 2 is 0.900 bits per heavy atom. The second-order valence-corrected chi connectivity index (χ2v) is 0.565. The van der Waals surface area contributed by atoms with Gasteiger partial charge in [-0.05, 0) is 0 Å². The Kier molecular flexibility index (Phi) is 36.1. The van der Waals surface area contributed by atoms with E-state index in [-0.39, 0.29) is 58.3 Å². The Morgan fingerprint density at radius 1 is 0.900 bits per heavy atom. The molecule has 0 aliphatic carbocycles. The molecule has 7 nitrogen and oxygen atoms in total. The first kappa shape index (κ1) is 22.5. The van der Waals surface area contributed by atoms with Crippen LogP contribution in [0.3, 0.4) is 0 Å². The van der Waals surface area contributed by atoms with Crippen LogP contribution in [0.1, 0.15) is 1.43 Å². The van der Waals surface area contributed by atoms with Crippen LogP contribution < -0.4 is 51.4 Å². The topological polar surface area (TPSA) is 147 Å². The number of carbonyl (C=O) groups is 2. The third kappa shape index (κ3) is 22300. The van der Waals surface area contributed by atoms with Gasteiger partial charge < -0.3 is 27.3 Å². The van der Waals surface area contributed by atoms with Gasteiger partial charge in [0, 0.05) is 0 Å². The van der Waals surface area contributed by atoms with E-state index in [1.165, 1.54) is 0 Å². The Hall–Kier alpha value is 0.136. The molecule has 10 heavy (non-hydrogen) atoms. The molecule has 8 heteroatoms. The maximum Gasteiger partial charge on any atom is 1.00 e. The summed E-state index contributed by atoms with van der Waals surface area (Å²) < 4.78 is 0. The van der Waals surface area contributed by atoms with Crippen LogP contribution in [-0.4, -0.2) is 38.2 Å². The molecule has 0 aliphatic heterocycles. The summed E-state index contributed by atoms with van der Waals surface area (Å²) in [6.07, 6.45) is -3.67. The Labute approximate surface area is 99.5 Å². The van der Waals surface area contributed by atoms with E-state index < -0.39 is 12.3 Å². The fourth-order valence-electron chi connectivity index (χ4n) is 0. The first-order valence-electron chi connectivity index (χ1n) is 1.30. The van der Waals surface area contributed by atoms with Gasteiger partial charge in [0.05, 0.1) is 0 Å². The van der Waals surface area contributed by atoms with Gasteiger partial charge in [-0.15, -0.1) is 0 Å². The minimum absolute atomic E-state index is 0. The van der Waals surface area contributed by atoms with Crippen LogP contribution in [0.15, 0.2) is 0 Å². The van der Waals surface area contributed by atoms with E-state index in [1.807, 2.05) is 0 Å². The molecule has 0 rings (SSSR count). The average molecular weight is 182 g/mol. The van der Waals surface area contributed by atoms with E-state index in [0.717, 1.165) is 0 Å². The van der Waals surface area contributed by atoms with Gasteiger partial charge in [0.2, 0.25) is 0 Å². The normalized spacial score (nSPS) is 4.80. The van der Waals surface area contributed by atoms with Crippen LogP contribution in [0.5, 0.6) is 0 Å². The van der Waals surface area contributed by atoms with Crippen molar-refractivity contribution in [3.8, 4) is 0 Å². The molecule has 0 saturated heterocycles. The van der Waals surface area contributed by atoms with Crippen molar-refractivity contribution in [2.75, 3.05) is 0 Å². The van der Waals surface area contributed by atoms with Gasteiger partial charge in [-0.2, -0.15) is 0 Å². The van der Waals surface area contributed by atoms with Crippen molar-refractivity contribution in [1.29, 1.82) is 0 Å². The third-order valence-corrected chi connectivity index (χ3v) is 0. The second kappa shape index (κ2) is 16.1. The molecule has 0 aromatic rings. The monoisotopic (exact) mass is 182 g/mol. The smallest absolute Gasteiger partial charge is 1.00 e. The molecule has 6 N–H and O–H groups in total. The number of hydrogen-bond donors (Lipinski definition) is 4. The van der Waals surface area contributed by atoms with E-state index >= 15 is 0 Å². The van der Waals surface area contributed by atoms with Gasteiger partial charge in [-0.3, -0.25) is 0 Å². The standard InChI is InChI=1S/2CH2O3.K.H2O.H/c2*2-1(3)4;;;/h2*(H2,2,3,4);;1H2;/q;;+1;;-1. The summed E-state index contributed by atoms with van der Waals surface area (Å²) in [5.41, 5.74) is 0. The Balaban J connectivity index is -0.0000000171. The van der Waals surface area contributed by atoms with E-state index in [4.69, 9.17) is 30.0 Å². The summed E-state index contributed by atoms with van der Waals surface area (Å²) in [5.74, 6) is 0. The van der Waals surface area contributed by atoms with Gasteiger partial charge >= 0.3 is 63.7 Å². The number of rotatable bonds is 0. The van der Waals surface area contributed by atoms with Gasteiger partial charge in [0.25, 0.3) is 0 Å². The second-order valence-electron chi connectivity index (χ2n) is 0.565. The quantitative estimate of drug-likeness (QED) is 0.289. The van der Waals surface area contributed by atoms with E-state index in [1.54, 1.807) is 0 Å². The van der Waals surface area contributed by atoms with Crippen molar-refractivity contribution in [2.24, 2.45) is 0 Å². The van der Waals surface area contributed by atoms with Crippen LogP contribution >= 0.6 is 0 Å². The maximum atomic E-state index is 8.56. The molecule has 0 radical (unpaired) electrons. The molecular formula is C2H7KO7. The molecule has 0 saturated carbocycles. The van der Waals surface area contributed by atoms with E-state index in [9.17, 15) is 0 Å². The molecule has 0 aliphatic rings. The third-order valence-electron chi connectivity index (χ3n) is 0. The molecule has 58 valence electrons. The van der Waals surface area contributed by atoms with Crippen molar-refractivity contribution in [2.45, 2.75) is 0 Å². The summed E-state index contributed by atoms with van der Waals surface area (Å²) in [5, 5.41) is 27.9. The van der Waals surface area contributed by atoms with Crippen LogP contribution in [0, 0.1) is 0 Å². The molecule has 0 aromatic carbocycles. The van der Waals surface area contributed by atoms with Crippen LogP contribution in [0.2, 0.25) is 0 Å². The van der Waals surface area contributed by atoms with Crippen LogP contribution in [0.25, 0.3) is 0 Å². The Bertz CT molecular complexity index is 74.4. The predicted molar refractivity (Wildman–Crippen MR) is 26.0 cm³/mol. The zero-order valence-electron chi connectivity index (χ0n) is 6.11. The van der Waals surface area contributed by atoms with Gasteiger partial charge in [0.1, 0.15) is 0 Å². The summed E-state index contributed by atoms with van der Waals surface area (Å²) in [6.45, 7) is 0. The first-order valence-corrected chi connectivity index (χ1v) is 1.30. The molecule has 0 heterocycles. The summed E-state index contributed by atoms with van der Waals surface area (Å²) in [6, 6.07) is 0. The number of hydrogen-bond acceptors (Lipinski definition) is 2. The van der Waals surface area contributed by atoms with Gasteiger partial charge in [-0.1, -0.05) is 0 Å².